The van der Waals surface area contributed by atoms with E-state index in [1.165, 1.54) is 4.90 Å². The molecule has 4 N–H and O–H groups in total. The van der Waals surface area contributed by atoms with Crippen LogP contribution in [-0.4, -0.2) is 74.5 Å². The third-order valence-electron chi connectivity index (χ3n) is 6.44. The molecule has 1 saturated carbocycles. The fourth-order valence-electron chi connectivity index (χ4n) is 5.02. The number of hydrogen-bond donors (Lipinski definition) is 3. The van der Waals surface area contributed by atoms with Crippen LogP contribution < -0.4 is 5.73 Å². The van der Waals surface area contributed by atoms with Crippen molar-refractivity contribution in [2.24, 2.45) is 17.6 Å². The molecule has 6 atom stereocenters. The van der Waals surface area contributed by atoms with Gasteiger partial charge in [0.25, 0.3) is 0 Å². The zero-order valence-corrected chi connectivity index (χ0v) is 16.0. The molecule has 0 aromatic carbocycles. The molecule has 0 aromatic heterocycles. The Labute approximate surface area is 157 Å². The Morgan fingerprint density at radius 1 is 1.35 bits per heavy atom. The van der Waals surface area contributed by atoms with Crippen LogP contribution in [0.4, 0.5) is 0 Å². The van der Waals surface area contributed by atoms with Crippen LogP contribution in [0.2, 0.25) is 0 Å². The minimum Gasteiger partial charge on any atom is -0.477 e. The Balaban J connectivity index is 1.44. The normalized spacial score (nSPS) is 39.0. The van der Waals surface area contributed by atoms with Gasteiger partial charge in [-0.3, -0.25) is 9.69 Å². The smallest absolute Gasteiger partial charge is 0.353 e. The molecule has 0 aromatic rings. The number of rotatable bonds is 5. The van der Waals surface area contributed by atoms with Gasteiger partial charge in [-0.2, -0.15) is 0 Å². The molecule has 1 aliphatic carbocycles. The summed E-state index contributed by atoms with van der Waals surface area (Å²) in [5.41, 5.74) is 6.14. The molecule has 0 bridgehead atoms. The first-order chi connectivity index (χ1) is 12.3. The van der Waals surface area contributed by atoms with Gasteiger partial charge in [0, 0.05) is 41.2 Å². The molecule has 2 saturated heterocycles. The molecule has 0 spiro atoms. The molecule has 1 amide bonds. The first-order valence-electron chi connectivity index (χ1n) is 9.44. The predicted octanol–water partition coefficient (Wildman–Crippen LogP) is 0.437. The van der Waals surface area contributed by atoms with Gasteiger partial charge < -0.3 is 20.8 Å². The highest BCUT2D eigenvalue weighted by molar-refractivity contribution is 8.03. The molecule has 3 heterocycles. The van der Waals surface area contributed by atoms with Gasteiger partial charge >= 0.3 is 5.97 Å². The highest BCUT2D eigenvalue weighted by atomic mass is 32.2. The summed E-state index contributed by atoms with van der Waals surface area (Å²) in [7, 11) is 0. The first-order valence-corrected chi connectivity index (χ1v) is 10.3. The van der Waals surface area contributed by atoms with Crippen LogP contribution in [0.25, 0.3) is 0 Å². The number of fused-ring (bicyclic) bond motifs is 1. The number of aliphatic carboxylic acids is 1. The lowest BCUT2D eigenvalue weighted by atomic mass is 9.79. The second-order valence-corrected chi connectivity index (χ2v) is 9.53. The molecule has 144 valence electrons. The third kappa shape index (κ3) is 2.69. The van der Waals surface area contributed by atoms with Crippen LogP contribution in [0.5, 0.6) is 0 Å². The van der Waals surface area contributed by atoms with Crippen LogP contribution in [0.15, 0.2) is 10.6 Å². The summed E-state index contributed by atoms with van der Waals surface area (Å²) in [4.78, 5) is 28.8. The van der Waals surface area contributed by atoms with Gasteiger partial charge in [-0.25, -0.2) is 4.79 Å². The van der Waals surface area contributed by atoms with E-state index in [-0.39, 0.29) is 23.6 Å². The Morgan fingerprint density at radius 2 is 2.04 bits per heavy atom. The van der Waals surface area contributed by atoms with E-state index in [1.807, 2.05) is 6.92 Å². The summed E-state index contributed by atoms with van der Waals surface area (Å²) in [5.74, 6) is -1.84. The van der Waals surface area contributed by atoms with Gasteiger partial charge in [0.2, 0.25) is 5.91 Å². The lowest BCUT2D eigenvalue weighted by Gasteiger charge is -2.46. The number of carbonyl (C=O) groups excluding carboxylic acids is 1. The maximum atomic E-state index is 12.4. The Bertz CT molecular complexity index is 661. The van der Waals surface area contributed by atoms with Crippen LogP contribution in [0.1, 0.15) is 33.1 Å². The van der Waals surface area contributed by atoms with Crippen LogP contribution in [0, 0.1) is 11.8 Å². The van der Waals surface area contributed by atoms with Crippen molar-refractivity contribution in [3.05, 3.63) is 10.6 Å². The number of nitrogens with two attached hydrogens (primary N) is 1. The maximum absolute atomic E-state index is 12.4. The largest absolute Gasteiger partial charge is 0.477 e. The summed E-state index contributed by atoms with van der Waals surface area (Å²) in [6, 6.07) is 0.659. The second-order valence-electron chi connectivity index (χ2n) is 8.19. The fraction of sp³-hybridized carbons (Fsp3) is 0.778. The standard InChI is InChI=1S/C18H27N3O4S/c1-8-14-13(9(2)22)17(23)21(14)15(18(24)25)16(8)26-12-6-20(7-12)11-4-3-10(19)5-11/h8-14,22H,3-7,19H2,1-2H3,(H,24,25)/t8-,9?,10-,11+,13-,14-/m1/s1. The van der Waals surface area contributed by atoms with E-state index in [0.717, 1.165) is 37.3 Å². The topological polar surface area (TPSA) is 107 Å². The lowest BCUT2D eigenvalue weighted by molar-refractivity contribution is -0.163. The van der Waals surface area contributed by atoms with Crippen molar-refractivity contribution >= 4 is 23.6 Å². The van der Waals surface area contributed by atoms with E-state index in [4.69, 9.17) is 5.73 Å². The van der Waals surface area contributed by atoms with Crippen molar-refractivity contribution in [3.63, 3.8) is 0 Å². The number of carboxylic acid groups (broad SMARTS) is 1. The molecule has 3 fully saturated rings. The van der Waals surface area contributed by atoms with Crippen molar-refractivity contribution in [2.45, 2.75) is 62.6 Å². The molecule has 1 unspecified atom stereocenters. The van der Waals surface area contributed by atoms with Gasteiger partial charge in [-0.05, 0) is 26.2 Å². The number of aliphatic hydroxyl groups excluding tert-OH is 1. The van der Waals surface area contributed by atoms with Gasteiger partial charge in [-0.1, -0.05) is 6.92 Å². The van der Waals surface area contributed by atoms with E-state index in [0.29, 0.717) is 17.3 Å². The van der Waals surface area contributed by atoms with Gasteiger partial charge in [-0.15, -0.1) is 11.8 Å². The minimum atomic E-state index is -1.04. The van der Waals surface area contributed by atoms with Crippen molar-refractivity contribution in [1.82, 2.24) is 9.80 Å². The number of carboxylic acids is 1. The fourth-order valence-corrected chi connectivity index (χ4v) is 6.57. The summed E-state index contributed by atoms with van der Waals surface area (Å²) < 4.78 is 0. The van der Waals surface area contributed by atoms with Crippen LogP contribution in [0.3, 0.4) is 0 Å². The van der Waals surface area contributed by atoms with Crippen molar-refractivity contribution in [2.75, 3.05) is 13.1 Å². The Morgan fingerprint density at radius 3 is 2.58 bits per heavy atom. The minimum absolute atomic E-state index is 0.0441. The van der Waals surface area contributed by atoms with Crippen LogP contribution >= 0.6 is 11.8 Å². The first kappa shape index (κ1) is 18.3. The summed E-state index contributed by atoms with van der Waals surface area (Å²) >= 11 is 1.62. The predicted molar refractivity (Wildman–Crippen MR) is 98.2 cm³/mol. The lowest BCUT2D eigenvalue weighted by Crippen LogP contribution is -2.63. The third-order valence-corrected chi connectivity index (χ3v) is 7.89. The molecule has 26 heavy (non-hydrogen) atoms. The number of thioether (sulfide) groups is 1. The molecule has 4 rings (SSSR count). The van der Waals surface area contributed by atoms with E-state index < -0.39 is 18.0 Å². The monoisotopic (exact) mass is 381 g/mol. The van der Waals surface area contributed by atoms with Gasteiger partial charge in [0.1, 0.15) is 5.70 Å². The quantitative estimate of drug-likeness (QED) is 0.593. The molecule has 8 heteroatoms. The molecular weight excluding hydrogens is 354 g/mol. The molecule has 0 radical (unpaired) electrons. The number of aliphatic hydroxyl groups is 1. The number of β-lactam (4-membered cyclic amide) rings is 1. The van der Waals surface area contributed by atoms with Gasteiger partial charge in [0.05, 0.1) is 18.1 Å². The Kier molecular flexibility index (Phi) is 4.58. The SMILES string of the molecule is CC(O)[C@H]1C(=O)N2C(C(=O)O)=C(SC3CN([C@H]4CC[C@@H](N)C4)C3)[C@H](C)[C@H]12. The molecule has 4 aliphatic rings. The zero-order valence-electron chi connectivity index (χ0n) is 15.2. The van der Waals surface area contributed by atoms with Crippen molar-refractivity contribution < 1.29 is 19.8 Å². The van der Waals surface area contributed by atoms with Gasteiger partial charge in [0.15, 0.2) is 0 Å². The van der Waals surface area contributed by atoms with E-state index >= 15 is 0 Å². The second kappa shape index (κ2) is 6.51. The average molecular weight is 381 g/mol. The molecular formula is C18H27N3O4S. The highest BCUT2D eigenvalue weighted by Gasteiger charge is 2.60. The number of likely N-dealkylation sites (tertiary alicyclic amines) is 1. The number of nitrogens with zero attached hydrogens (tertiary/aromatic N) is 2. The van der Waals surface area contributed by atoms with Crippen molar-refractivity contribution in [3.8, 4) is 0 Å². The number of carbonyl (C=O) groups is 2. The zero-order chi connectivity index (χ0) is 18.7. The number of amides is 1. The Hall–Kier alpha value is -1.09. The summed E-state index contributed by atoms with van der Waals surface area (Å²) in [5, 5.41) is 19.9. The van der Waals surface area contributed by atoms with Crippen molar-refractivity contribution in [1.29, 1.82) is 0 Å². The molecule has 7 nitrogen and oxygen atoms in total. The maximum Gasteiger partial charge on any atom is 0.353 e. The number of hydrogen-bond acceptors (Lipinski definition) is 6. The van der Waals surface area contributed by atoms with Crippen LogP contribution in [-0.2, 0) is 9.59 Å². The van der Waals surface area contributed by atoms with E-state index in [2.05, 4.69) is 4.90 Å². The molecule has 3 aliphatic heterocycles. The summed E-state index contributed by atoms with van der Waals surface area (Å²) in [6.07, 6.45) is 2.54. The van der Waals surface area contributed by atoms with E-state index in [9.17, 15) is 19.8 Å². The average Bonchev–Trinajstić information content (AvgIpc) is 3.03. The summed E-state index contributed by atoms with van der Waals surface area (Å²) in [6.45, 7) is 5.48. The highest BCUT2D eigenvalue weighted by Crippen LogP contribution is 2.52. The van der Waals surface area contributed by atoms with E-state index in [1.54, 1.807) is 18.7 Å².